The van der Waals surface area contributed by atoms with Crippen molar-refractivity contribution in [2.45, 2.75) is 6.10 Å². The number of rotatable bonds is 4. The summed E-state index contributed by atoms with van der Waals surface area (Å²) in [6.07, 6.45) is 0.126. The van der Waals surface area contributed by atoms with Crippen LogP contribution in [0.5, 0.6) is 17.2 Å². The van der Waals surface area contributed by atoms with Crippen LogP contribution in [0.3, 0.4) is 0 Å². The first-order valence-electron chi connectivity index (χ1n) is 7.32. The summed E-state index contributed by atoms with van der Waals surface area (Å²) in [5.41, 5.74) is 1.91. The lowest BCUT2D eigenvalue weighted by atomic mass is 10.2. The van der Waals surface area contributed by atoms with E-state index in [1.807, 2.05) is 0 Å². The van der Waals surface area contributed by atoms with Crippen molar-refractivity contribution in [1.82, 2.24) is 5.43 Å². The van der Waals surface area contributed by atoms with Crippen LogP contribution in [0.25, 0.3) is 0 Å². The third-order valence-electron chi connectivity index (χ3n) is 3.45. The summed E-state index contributed by atoms with van der Waals surface area (Å²) in [6.45, 7) is 0.00747. The maximum atomic E-state index is 12.1. The zero-order chi connectivity index (χ0) is 18.7. The Balaban J connectivity index is 1.68. The van der Waals surface area contributed by atoms with Crippen LogP contribution in [0.15, 0.2) is 46.0 Å². The smallest absolute Gasteiger partial charge is 0.284 e. The number of fused-ring (bicyclic) bond motifs is 1. The molecule has 0 fully saturated rings. The molecule has 0 spiro atoms. The third-order valence-corrected chi connectivity index (χ3v) is 4.04. The highest BCUT2D eigenvalue weighted by Gasteiger charge is 2.27. The fraction of sp³-hybridized carbons (Fsp3) is 0.125. The van der Waals surface area contributed by atoms with Crippen molar-refractivity contribution in [1.29, 1.82) is 0 Å². The van der Waals surface area contributed by atoms with Gasteiger partial charge in [0.05, 0.1) is 11.1 Å². The summed E-state index contributed by atoms with van der Waals surface area (Å²) in [5, 5.41) is 26.5. The molecule has 26 heavy (non-hydrogen) atoms. The quantitative estimate of drug-likeness (QED) is 0.455. The Morgan fingerprint density at radius 1 is 1.35 bits per heavy atom. The molecule has 9 nitrogen and oxygen atoms in total. The molecule has 0 aliphatic carbocycles. The molecule has 0 saturated carbocycles. The maximum Gasteiger partial charge on any atom is 0.284 e. The van der Waals surface area contributed by atoms with Gasteiger partial charge >= 0.3 is 0 Å². The fourth-order valence-electron chi connectivity index (χ4n) is 2.19. The molecule has 0 saturated heterocycles. The largest absolute Gasteiger partial charge is 0.871 e. The number of amides is 1. The molecule has 1 amide bonds. The van der Waals surface area contributed by atoms with Crippen molar-refractivity contribution in [2.75, 3.05) is 6.61 Å². The highest BCUT2D eigenvalue weighted by Crippen LogP contribution is 2.31. The minimum Gasteiger partial charge on any atom is -0.871 e. The van der Waals surface area contributed by atoms with Gasteiger partial charge in [-0.2, -0.15) is 5.10 Å². The lowest BCUT2D eigenvalue weighted by Gasteiger charge is -2.24. The van der Waals surface area contributed by atoms with Crippen LogP contribution < -0.4 is 20.0 Å². The first-order valence-corrected chi connectivity index (χ1v) is 8.11. The molecule has 0 aromatic heterocycles. The monoisotopic (exact) mass is 420 g/mol. The van der Waals surface area contributed by atoms with Crippen molar-refractivity contribution in [2.24, 2.45) is 5.10 Å². The lowest BCUT2D eigenvalue weighted by Crippen LogP contribution is -2.42. The molecule has 2 aromatic carbocycles. The van der Waals surface area contributed by atoms with Crippen LogP contribution in [0.4, 0.5) is 5.69 Å². The number of nitrogens with one attached hydrogen (secondary N) is 1. The molecule has 0 unspecified atom stereocenters. The van der Waals surface area contributed by atoms with E-state index in [2.05, 4.69) is 26.5 Å². The van der Waals surface area contributed by atoms with Gasteiger partial charge in [0.15, 0.2) is 11.5 Å². The summed E-state index contributed by atoms with van der Waals surface area (Å²) in [4.78, 5) is 22.3. The van der Waals surface area contributed by atoms with E-state index in [1.54, 1.807) is 24.3 Å². The number of nitro groups is 1. The zero-order valence-electron chi connectivity index (χ0n) is 13.0. The number of nitro benzene ring substituents is 1. The van der Waals surface area contributed by atoms with Crippen molar-refractivity contribution >= 4 is 33.7 Å². The van der Waals surface area contributed by atoms with Gasteiger partial charge in [-0.25, -0.2) is 5.43 Å². The Kier molecular flexibility index (Phi) is 5.03. The van der Waals surface area contributed by atoms with Crippen molar-refractivity contribution < 1.29 is 24.3 Å². The highest BCUT2D eigenvalue weighted by atomic mass is 79.9. The van der Waals surface area contributed by atoms with Crippen LogP contribution in [-0.4, -0.2) is 29.8 Å². The van der Waals surface area contributed by atoms with Gasteiger partial charge in [-0.1, -0.05) is 33.8 Å². The Bertz CT molecular complexity index is 902. The van der Waals surface area contributed by atoms with Gasteiger partial charge in [0, 0.05) is 16.6 Å². The lowest BCUT2D eigenvalue weighted by molar-refractivity contribution is -0.385. The van der Waals surface area contributed by atoms with Gasteiger partial charge in [-0.15, -0.1) is 0 Å². The molecule has 0 radical (unpaired) electrons. The third kappa shape index (κ3) is 3.75. The van der Waals surface area contributed by atoms with E-state index in [9.17, 15) is 20.0 Å². The fourth-order valence-corrected chi connectivity index (χ4v) is 2.65. The number of non-ortho nitro benzene ring substituents is 1. The summed E-state index contributed by atoms with van der Waals surface area (Å²) >= 11 is 2.96. The molecule has 1 N–H and O–H groups in total. The summed E-state index contributed by atoms with van der Waals surface area (Å²) < 4.78 is 11.0. The van der Waals surface area contributed by atoms with E-state index in [-0.39, 0.29) is 22.3 Å². The van der Waals surface area contributed by atoms with Gasteiger partial charge in [0.25, 0.3) is 11.6 Å². The number of benzene rings is 2. The van der Waals surface area contributed by atoms with Gasteiger partial charge in [-0.05, 0) is 17.7 Å². The maximum absolute atomic E-state index is 12.1. The van der Waals surface area contributed by atoms with E-state index in [0.717, 1.165) is 18.3 Å². The predicted octanol–water partition coefficient (Wildman–Crippen LogP) is 1.72. The number of hydrazone groups is 1. The molecule has 3 rings (SSSR count). The first kappa shape index (κ1) is 17.7. The van der Waals surface area contributed by atoms with Crippen LogP contribution in [0.1, 0.15) is 5.56 Å². The number of ether oxygens (including phenoxy) is 2. The van der Waals surface area contributed by atoms with Gasteiger partial charge in [0.1, 0.15) is 6.61 Å². The number of carbonyl (C=O) groups is 1. The number of carbonyl (C=O) groups excluding carboxylic acids is 1. The van der Waals surface area contributed by atoms with Gasteiger partial charge in [-0.3, -0.25) is 14.9 Å². The van der Waals surface area contributed by atoms with E-state index in [4.69, 9.17) is 9.47 Å². The first-order chi connectivity index (χ1) is 12.5. The highest BCUT2D eigenvalue weighted by molar-refractivity contribution is 9.10. The van der Waals surface area contributed by atoms with Crippen molar-refractivity contribution in [3.63, 3.8) is 0 Å². The second-order valence-corrected chi connectivity index (χ2v) is 6.06. The summed E-state index contributed by atoms with van der Waals surface area (Å²) in [6, 6.07) is 9.09. The number of para-hydroxylation sites is 2. The number of nitrogens with zero attached hydrogens (tertiary/aromatic N) is 2. The molecule has 1 aliphatic rings. The molecule has 1 heterocycles. The van der Waals surface area contributed by atoms with Crippen molar-refractivity contribution in [3.8, 4) is 17.2 Å². The van der Waals surface area contributed by atoms with Crippen LogP contribution in [0.2, 0.25) is 0 Å². The molecule has 10 heteroatoms. The Morgan fingerprint density at radius 3 is 2.81 bits per heavy atom. The molecule has 1 atom stereocenters. The second-order valence-electron chi connectivity index (χ2n) is 5.20. The Morgan fingerprint density at radius 2 is 2.08 bits per heavy atom. The molecule has 2 aromatic rings. The van der Waals surface area contributed by atoms with Crippen LogP contribution in [-0.2, 0) is 4.79 Å². The normalized spacial score (nSPS) is 15.7. The average Bonchev–Trinajstić information content (AvgIpc) is 2.64. The van der Waals surface area contributed by atoms with Crippen molar-refractivity contribution in [3.05, 3.63) is 56.5 Å². The van der Waals surface area contributed by atoms with Gasteiger partial charge < -0.3 is 14.6 Å². The second kappa shape index (κ2) is 7.40. The number of halogens is 1. The molecule has 134 valence electrons. The van der Waals surface area contributed by atoms with E-state index in [0.29, 0.717) is 11.5 Å². The Hall–Kier alpha value is -3.14. The minimum atomic E-state index is -0.911. The SMILES string of the molecule is O=C(N/N=C\c1cc([N+](=O)[O-])cc(Br)c1[O-])[C@@H]1COc2ccccc2O1. The van der Waals surface area contributed by atoms with Crippen LogP contribution in [0, 0.1) is 10.1 Å². The predicted molar refractivity (Wildman–Crippen MR) is 92.3 cm³/mol. The average molecular weight is 421 g/mol. The molecule has 0 bridgehead atoms. The topological polar surface area (TPSA) is 126 Å². The van der Waals surface area contributed by atoms with E-state index in [1.165, 1.54) is 0 Å². The number of hydrogen-bond acceptors (Lipinski definition) is 7. The Labute approximate surface area is 155 Å². The summed E-state index contributed by atoms with van der Waals surface area (Å²) in [5.74, 6) is -0.0858. The van der Waals surface area contributed by atoms with E-state index < -0.39 is 22.7 Å². The standard InChI is InChI=1S/C16H12BrN3O6/c17-11-6-10(20(23)24)5-9(15(11)21)7-18-19-16(22)14-8-25-12-3-1-2-4-13(12)26-14/h1-7,14,21H,8H2,(H,19,22)/p-1/b18-7-/t14-/m0/s1. The summed E-state index contributed by atoms with van der Waals surface area (Å²) in [7, 11) is 0. The molecule has 1 aliphatic heterocycles. The van der Waals surface area contributed by atoms with Gasteiger partial charge in [0.2, 0.25) is 6.10 Å². The molecular formula is C16H11BrN3O6-. The van der Waals surface area contributed by atoms with E-state index >= 15 is 0 Å². The number of hydrogen-bond donors (Lipinski definition) is 1. The van der Waals surface area contributed by atoms with Crippen LogP contribution >= 0.6 is 15.9 Å². The zero-order valence-corrected chi connectivity index (χ0v) is 14.6. The molecular weight excluding hydrogens is 410 g/mol. The minimum absolute atomic E-state index is 0.00747.